The highest BCUT2D eigenvalue weighted by Gasteiger charge is 2.51. The SMILES string of the molecule is C[C@H](Nc1ncnc2sccc12)c1ccc(B2OC(C)(C)C(C)(C)O2)cc1.C[C@H](Nc1ncnc2sccc12)c1ccc(Br)cc1. The van der Waals surface area contributed by atoms with Crippen LogP contribution in [0.1, 0.15) is 64.8 Å². The fourth-order valence-electron chi connectivity index (χ4n) is 5.06. The highest BCUT2D eigenvalue weighted by Crippen LogP contribution is 2.36. The van der Waals surface area contributed by atoms with Crippen LogP contribution in [-0.4, -0.2) is 38.3 Å². The van der Waals surface area contributed by atoms with Gasteiger partial charge in [0.15, 0.2) is 0 Å². The molecule has 1 aliphatic heterocycles. The van der Waals surface area contributed by atoms with E-state index in [0.717, 1.165) is 42.0 Å². The van der Waals surface area contributed by atoms with Crippen LogP contribution in [0.25, 0.3) is 20.4 Å². The highest BCUT2D eigenvalue weighted by atomic mass is 79.9. The number of halogens is 1. The first-order chi connectivity index (χ1) is 22.0. The van der Waals surface area contributed by atoms with Crippen molar-refractivity contribution in [1.29, 1.82) is 0 Å². The summed E-state index contributed by atoms with van der Waals surface area (Å²) in [6.45, 7) is 12.5. The lowest BCUT2D eigenvalue weighted by molar-refractivity contribution is 0.00578. The maximum absolute atomic E-state index is 6.13. The Labute approximate surface area is 286 Å². The molecule has 2 atom stereocenters. The molecule has 236 valence electrons. The first-order valence-electron chi connectivity index (χ1n) is 15.1. The highest BCUT2D eigenvalue weighted by molar-refractivity contribution is 9.10. The van der Waals surface area contributed by atoms with Gasteiger partial charge in [0.05, 0.1) is 22.0 Å². The van der Waals surface area contributed by atoms with E-state index in [-0.39, 0.29) is 30.4 Å². The number of benzene rings is 2. The Morgan fingerprint density at radius 2 is 1.09 bits per heavy atom. The molecule has 0 bridgehead atoms. The third kappa shape index (κ3) is 6.96. The number of nitrogens with one attached hydrogen (secondary N) is 2. The lowest BCUT2D eigenvalue weighted by Crippen LogP contribution is -2.41. The molecule has 7 rings (SSSR count). The summed E-state index contributed by atoms with van der Waals surface area (Å²) in [4.78, 5) is 19.3. The van der Waals surface area contributed by atoms with Crippen molar-refractivity contribution in [1.82, 2.24) is 19.9 Å². The van der Waals surface area contributed by atoms with Crippen molar-refractivity contribution < 1.29 is 9.31 Å². The smallest absolute Gasteiger partial charge is 0.399 e. The lowest BCUT2D eigenvalue weighted by atomic mass is 9.78. The van der Waals surface area contributed by atoms with Crippen molar-refractivity contribution >= 4 is 83.3 Å². The summed E-state index contributed by atoms with van der Waals surface area (Å²) in [6, 6.07) is 21.1. The van der Waals surface area contributed by atoms with Gasteiger partial charge < -0.3 is 19.9 Å². The van der Waals surface area contributed by atoms with Gasteiger partial charge in [-0.2, -0.15) is 0 Å². The third-order valence-electron chi connectivity index (χ3n) is 8.56. The van der Waals surface area contributed by atoms with Crippen LogP contribution in [0.15, 0.2) is 88.6 Å². The molecule has 8 nitrogen and oxygen atoms in total. The monoisotopic (exact) mass is 714 g/mol. The van der Waals surface area contributed by atoms with Gasteiger partial charge in [0.1, 0.15) is 34.0 Å². The average molecular weight is 716 g/mol. The zero-order valence-electron chi connectivity index (χ0n) is 26.6. The Morgan fingerprint density at radius 1 is 0.652 bits per heavy atom. The van der Waals surface area contributed by atoms with E-state index in [1.165, 1.54) is 11.1 Å². The van der Waals surface area contributed by atoms with Crippen LogP contribution in [0, 0.1) is 0 Å². The van der Waals surface area contributed by atoms with Gasteiger partial charge in [-0.15, -0.1) is 22.7 Å². The van der Waals surface area contributed by atoms with Crippen molar-refractivity contribution in [2.45, 2.75) is 64.8 Å². The molecule has 0 spiro atoms. The van der Waals surface area contributed by atoms with Crippen LogP contribution < -0.4 is 16.1 Å². The Hall–Kier alpha value is -3.42. The summed E-state index contributed by atoms with van der Waals surface area (Å²) in [5.41, 5.74) is 2.78. The second-order valence-corrected chi connectivity index (χ2v) is 15.0. The zero-order chi connectivity index (χ0) is 32.5. The van der Waals surface area contributed by atoms with E-state index in [1.807, 2.05) is 22.9 Å². The molecule has 1 saturated heterocycles. The molecule has 6 aromatic rings. The third-order valence-corrected chi connectivity index (χ3v) is 10.7. The molecule has 46 heavy (non-hydrogen) atoms. The van der Waals surface area contributed by atoms with E-state index in [2.05, 4.69) is 137 Å². The second kappa shape index (κ2) is 13.4. The van der Waals surface area contributed by atoms with Crippen molar-refractivity contribution in [3.05, 3.63) is 99.7 Å². The number of rotatable bonds is 7. The van der Waals surface area contributed by atoms with Crippen LogP contribution in [0.2, 0.25) is 0 Å². The lowest BCUT2D eigenvalue weighted by Gasteiger charge is -2.32. The summed E-state index contributed by atoms with van der Waals surface area (Å²) in [7, 11) is -0.334. The molecule has 4 aromatic heterocycles. The number of hydrogen-bond acceptors (Lipinski definition) is 10. The molecule has 1 aliphatic rings. The summed E-state index contributed by atoms with van der Waals surface area (Å²) in [5, 5.41) is 13.2. The van der Waals surface area contributed by atoms with Crippen LogP contribution in [0.3, 0.4) is 0 Å². The second-order valence-electron chi connectivity index (χ2n) is 12.3. The zero-order valence-corrected chi connectivity index (χ0v) is 29.8. The van der Waals surface area contributed by atoms with Gasteiger partial charge in [-0.25, -0.2) is 19.9 Å². The van der Waals surface area contributed by atoms with E-state index < -0.39 is 0 Å². The maximum atomic E-state index is 6.13. The summed E-state index contributed by atoms with van der Waals surface area (Å²) in [6.07, 6.45) is 3.21. The molecule has 1 fully saturated rings. The standard InChI is InChI=1S/C20H24BN3O2S.C14H12BrN3S/c1-13(24-17-16-10-11-27-18(16)23-12-22-17)14-6-8-15(9-7-14)21-25-19(2,3)20(4,5)26-21;1-9(10-2-4-11(15)5-3-10)18-13-12-6-7-19-14(12)17-8-16-13/h6-13H,1-5H3,(H,22,23,24);2-9H,1H3,(H,16,17,18)/t13-;9-/m00/s1. The van der Waals surface area contributed by atoms with Crippen molar-refractivity contribution in [2.24, 2.45) is 0 Å². The van der Waals surface area contributed by atoms with Crippen LogP contribution in [-0.2, 0) is 9.31 Å². The number of nitrogens with zero attached hydrogens (tertiary/aromatic N) is 4. The fourth-order valence-corrected chi connectivity index (χ4v) is 6.79. The van der Waals surface area contributed by atoms with Gasteiger partial charge in [0.25, 0.3) is 0 Å². The average Bonchev–Trinajstić information content (AvgIpc) is 3.76. The van der Waals surface area contributed by atoms with Crippen molar-refractivity contribution in [3.63, 3.8) is 0 Å². The minimum Gasteiger partial charge on any atom is -0.399 e. The van der Waals surface area contributed by atoms with Gasteiger partial charge >= 0.3 is 7.12 Å². The Kier molecular flexibility index (Phi) is 9.45. The van der Waals surface area contributed by atoms with Gasteiger partial charge in [-0.1, -0.05) is 52.3 Å². The number of aromatic nitrogens is 4. The predicted molar refractivity (Wildman–Crippen MR) is 195 cm³/mol. The Morgan fingerprint density at radius 3 is 1.54 bits per heavy atom. The molecule has 5 heterocycles. The maximum Gasteiger partial charge on any atom is 0.494 e. The minimum atomic E-state index is -0.334. The molecular formula is C34H36BBrN6O2S2. The quantitative estimate of drug-likeness (QED) is 0.159. The molecule has 0 saturated carbocycles. The van der Waals surface area contributed by atoms with Gasteiger partial charge in [0, 0.05) is 16.6 Å². The molecule has 2 N–H and O–H groups in total. The van der Waals surface area contributed by atoms with Crippen molar-refractivity contribution in [2.75, 3.05) is 10.6 Å². The first kappa shape index (κ1) is 32.5. The molecular weight excluding hydrogens is 679 g/mol. The molecule has 2 aromatic carbocycles. The molecule has 0 aliphatic carbocycles. The molecule has 0 unspecified atom stereocenters. The van der Waals surface area contributed by atoms with Gasteiger partial charge in [-0.3, -0.25) is 0 Å². The van der Waals surface area contributed by atoms with Crippen LogP contribution in [0.4, 0.5) is 11.6 Å². The van der Waals surface area contributed by atoms with E-state index >= 15 is 0 Å². The van der Waals surface area contributed by atoms with Crippen LogP contribution >= 0.6 is 38.6 Å². The molecule has 12 heteroatoms. The summed E-state index contributed by atoms with van der Waals surface area (Å²) < 4.78 is 13.4. The van der Waals surface area contributed by atoms with Crippen molar-refractivity contribution in [3.8, 4) is 0 Å². The number of fused-ring (bicyclic) bond motifs is 2. The molecule has 0 radical (unpaired) electrons. The fraction of sp³-hybridized carbons (Fsp3) is 0.294. The van der Waals surface area contributed by atoms with Gasteiger partial charge in [0.2, 0.25) is 0 Å². The van der Waals surface area contributed by atoms with E-state index in [1.54, 1.807) is 35.3 Å². The van der Waals surface area contributed by atoms with E-state index in [9.17, 15) is 0 Å². The Bertz CT molecular complexity index is 1910. The predicted octanol–water partition coefficient (Wildman–Crippen LogP) is 8.79. The normalized spacial score (nSPS) is 16.5. The van der Waals surface area contributed by atoms with Gasteiger partial charge in [-0.05, 0) is 93.2 Å². The largest absolute Gasteiger partial charge is 0.494 e. The number of hydrogen-bond donors (Lipinski definition) is 2. The summed E-state index contributed by atoms with van der Waals surface area (Å²) >= 11 is 6.70. The van der Waals surface area contributed by atoms with Crippen LogP contribution in [0.5, 0.6) is 0 Å². The number of thiophene rings is 2. The number of anilines is 2. The topological polar surface area (TPSA) is 94.1 Å². The molecule has 0 amide bonds. The van der Waals surface area contributed by atoms with E-state index in [0.29, 0.717) is 0 Å². The minimum absolute atomic E-state index is 0.121. The summed E-state index contributed by atoms with van der Waals surface area (Å²) in [5.74, 6) is 1.76. The van der Waals surface area contributed by atoms with E-state index in [4.69, 9.17) is 9.31 Å². The Balaban J connectivity index is 0.000000172. The first-order valence-corrected chi connectivity index (χ1v) is 17.7.